The van der Waals surface area contributed by atoms with Crippen LogP contribution in [0, 0.1) is 0 Å². The zero-order chi connectivity index (χ0) is 22.6. The van der Waals surface area contributed by atoms with Gasteiger partial charge in [-0.05, 0) is 43.0 Å². The number of likely N-dealkylation sites (N-methyl/N-ethyl adjacent to an activating group) is 1. The molecule has 0 radical (unpaired) electrons. The quantitative estimate of drug-likeness (QED) is 0.618. The molecule has 0 unspecified atom stereocenters. The molecule has 2 aromatic carbocycles. The Kier molecular flexibility index (Phi) is 7.36. The van der Waals surface area contributed by atoms with E-state index in [2.05, 4.69) is 5.32 Å². The topological polar surface area (TPSA) is 89.9 Å². The minimum Gasteiger partial charge on any atom is -0.390 e. The molecule has 2 amide bonds. The molecule has 1 fully saturated rings. The summed E-state index contributed by atoms with van der Waals surface area (Å²) < 4.78 is 0. The van der Waals surface area contributed by atoms with Crippen molar-refractivity contribution in [3.8, 4) is 0 Å². The molecule has 0 bridgehead atoms. The van der Waals surface area contributed by atoms with Crippen molar-refractivity contribution in [2.45, 2.75) is 49.9 Å². The van der Waals surface area contributed by atoms with Crippen molar-refractivity contribution in [1.82, 2.24) is 10.2 Å². The first-order valence-corrected chi connectivity index (χ1v) is 10.8. The van der Waals surface area contributed by atoms with Crippen molar-refractivity contribution in [2.75, 3.05) is 13.6 Å². The van der Waals surface area contributed by atoms with Crippen LogP contribution in [0.4, 0.5) is 0 Å². The fraction of sp³-hybridized carbons (Fsp3) is 0.417. The lowest BCUT2D eigenvalue weighted by atomic mass is 9.73. The Hall–Kier alpha value is -2.41. The first-order valence-electron chi connectivity index (χ1n) is 10.4. The smallest absolute Gasteiger partial charge is 0.253 e. The van der Waals surface area contributed by atoms with Crippen LogP contribution in [0.15, 0.2) is 54.6 Å². The highest BCUT2D eigenvalue weighted by Crippen LogP contribution is 2.40. The van der Waals surface area contributed by atoms with Crippen molar-refractivity contribution >= 4 is 23.4 Å². The van der Waals surface area contributed by atoms with E-state index in [1.165, 1.54) is 11.8 Å². The SMILES string of the molecule is CC(=O)NC[C@@]1(c2ccccc2)CC[C@H](O)[C@H](O)[C@@H](N(C)C(=O)c2cccc(Cl)c2)C1. The highest BCUT2D eigenvalue weighted by Gasteiger charge is 2.45. The van der Waals surface area contributed by atoms with Crippen LogP contribution < -0.4 is 5.32 Å². The number of nitrogens with one attached hydrogen (secondary N) is 1. The summed E-state index contributed by atoms with van der Waals surface area (Å²) in [5, 5.41) is 24.9. The van der Waals surface area contributed by atoms with Crippen LogP contribution in [0.3, 0.4) is 0 Å². The lowest BCUT2D eigenvalue weighted by Crippen LogP contribution is -2.51. The van der Waals surface area contributed by atoms with Crippen molar-refractivity contribution in [3.05, 3.63) is 70.7 Å². The normalized spacial score (nSPS) is 26.0. The minimum absolute atomic E-state index is 0.152. The fourth-order valence-corrected chi connectivity index (χ4v) is 4.62. The highest BCUT2D eigenvalue weighted by atomic mass is 35.5. The first-order chi connectivity index (χ1) is 14.7. The molecule has 0 aromatic heterocycles. The summed E-state index contributed by atoms with van der Waals surface area (Å²) in [6.45, 7) is 1.81. The number of carbonyl (C=O) groups excluding carboxylic acids is 2. The lowest BCUT2D eigenvalue weighted by molar-refractivity contribution is -0.119. The molecule has 4 atom stereocenters. The van der Waals surface area contributed by atoms with Crippen LogP contribution in [0.1, 0.15) is 42.1 Å². The van der Waals surface area contributed by atoms with Crippen LogP contribution >= 0.6 is 11.6 Å². The third-order valence-corrected chi connectivity index (χ3v) is 6.49. The number of hydrogen-bond acceptors (Lipinski definition) is 4. The number of aliphatic hydroxyl groups excluding tert-OH is 2. The van der Waals surface area contributed by atoms with Gasteiger partial charge in [0.15, 0.2) is 0 Å². The summed E-state index contributed by atoms with van der Waals surface area (Å²) in [5.41, 5.74) is 0.866. The highest BCUT2D eigenvalue weighted by molar-refractivity contribution is 6.30. The summed E-state index contributed by atoms with van der Waals surface area (Å²) in [4.78, 5) is 26.4. The number of hydrogen-bond donors (Lipinski definition) is 3. The molecule has 3 N–H and O–H groups in total. The summed E-state index contributed by atoms with van der Waals surface area (Å²) in [6.07, 6.45) is -0.798. The Bertz CT molecular complexity index is 923. The van der Waals surface area contributed by atoms with E-state index in [4.69, 9.17) is 11.6 Å². The molecule has 0 saturated heterocycles. The van der Waals surface area contributed by atoms with Gasteiger partial charge in [0.1, 0.15) is 6.10 Å². The summed E-state index contributed by atoms with van der Waals surface area (Å²) in [6, 6.07) is 15.7. The van der Waals surface area contributed by atoms with Gasteiger partial charge >= 0.3 is 0 Å². The molecule has 166 valence electrons. The molecule has 1 saturated carbocycles. The molecule has 0 heterocycles. The second-order valence-corrected chi connectivity index (χ2v) is 8.79. The molecule has 0 spiro atoms. The molecule has 3 rings (SSSR count). The Morgan fingerprint density at radius 3 is 2.52 bits per heavy atom. The van der Waals surface area contributed by atoms with Crippen molar-refractivity contribution in [3.63, 3.8) is 0 Å². The first kappa shape index (κ1) is 23.3. The van der Waals surface area contributed by atoms with Gasteiger partial charge in [-0.3, -0.25) is 9.59 Å². The average molecular weight is 445 g/mol. The van der Waals surface area contributed by atoms with Gasteiger partial charge < -0.3 is 20.4 Å². The number of halogens is 1. The van der Waals surface area contributed by atoms with E-state index in [-0.39, 0.29) is 11.8 Å². The van der Waals surface area contributed by atoms with E-state index >= 15 is 0 Å². The Labute approximate surface area is 187 Å². The zero-order valence-corrected chi connectivity index (χ0v) is 18.5. The van der Waals surface area contributed by atoms with Gasteiger partial charge in [0.05, 0.1) is 12.1 Å². The molecular formula is C24H29ClN2O4. The number of nitrogens with zero attached hydrogens (tertiary/aromatic N) is 1. The number of benzene rings is 2. The molecule has 1 aliphatic rings. The third kappa shape index (κ3) is 5.26. The second kappa shape index (κ2) is 9.81. The minimum atomic E-state index is -1.11. The van der Waals surface area contributed by atoms with Gasteiger partial charge in [0, 0.05) is 36.5 Å². The van der Waals surface area contributed by atoms with E-state index in [0.717, 1.165) is 5.56 Å². The number of carbonyl (C=O) groups is 2. The maximum absolute atomic E-state index is 13.2. The number of rotatable bonds is 5. The summed E-state index contributed by atoms with van der Waals surface area (Å²) in [5.74, 6) is -0.442. The van der Waals surface area contributed by atoms with Crippen molar-refractivity contribution in [1.29, 1.82) is 0 Å². The Morgan fingerprint density at radius 1 is 1.16 bits per heavy atom. The zero-order valence-electron chi connectivity index (χ0n) is 17.8. The van der Waals surface area contributed by atoms with Gasteiger partial charge in [-0.25, -0.2) is 0 Å². The van der Waals surface area contributed by atoms with E-state index in [1.807, 2.05) is 30.3 Å². The van der Waals surface area contributed by atoms with Gasteiger partial charge in [0.2, 0.25) is 5.91 Å². The Morgan fingerprint density at radius 2 is 1.87 bits per heavy atom. The fourth-order valence-electron chi connectivity index (χ4n) is 4.43. The third-order valence-electron chi connectivity index (χ3n) is 6.26. The van der Waals surface area contributed by atoms with Gasteiger partial charge in [0.25, 0.3) is 5.91 Å². The van der Waals surface area contributed by atoms with Gasteiger partial charge in [-0.15, -0.1) is 0 Å². The standard InChI is InChI=1S/C24H29ClN2O4/c1-16(28)26-15-24(18-8-4-3-5-9-18)12-11-21(29)22(30)20(14-24)27(2)23(31)17-7-6-10-19(25)13-17/h3-10,13,20-22,29-30H,11-12,14-15H2,1-2H3,(H,26,28)/t20-,21-,22+,24+/m0/s1. The monoisotopic (exact) mass is 444 g/mol. The van der Waals surface area contributed by atoms with Crippen molar-refractivity contribution < 1.29 is 19.8 Å². The number of aliphatic hydroxyl groups is 2. The molecule has 1 aliphatic carbocycles. The van der Waals surface area contributed by atoms with Crippen LogP contribution in [-0.4, -0.2) is 58.8 Å². The van der Waals surface area contributed by atoms with Gasteiger partial charge in [-0.1, -0.05) is 48.0 Å². The second-order valence-electron chi connectivity index (χ2n) is 8.35. The van der Waals surface area contributed by atoms with E-state index in [1.54, 1.807) is 31.3 Å². The van der Waals surface area contributed by atoms with E-state index in [0.29, 0.717) is 36.4 Å². The molecule has 7 heteroatoms. The van der Waals surface area contributed by atoms with E-state index < -0.39 is 23.7 Å². The number of amides is 2. The summed E-state index contributed by atoms with van der Waals surface area (Å²) in [7, 11) is 1.63. The van der Waals surface area contributed by atoms with Crippen molar-refractivity contribution in [2.24, 2.45) is 0 Å². The van der Waals surface area contributed by atoms with Crippen LogP contribution in [-0.2, 0) is 10.2 Å². The predicted octanol–water partition coefficient (Wildman–Crippen LogP) is 2.76. The largest absolute Gasteiger partial charge is 0.390 e. The maximum Gasteiger partial charge on any atom is 0.253 e. The predicted molar refractivity (Wildman–Crippen MR) is 120 cm³/mol. The molecular weight excluding hydrogens is 416 g/mol. The van der Waals surface area contributed by atoms with Crippen LogP contribution in [0.2, 0.25) is 5.02 Å². The van der Waals surface area contributed by atoms with E-state index in [9.17, 15) is 19.8 Å². The lowest BCUT2D eigenvalue weighted by Gasteiger charge is -2.39. The molecule has 6 nitrogen and oxygen atoms in total. The van der Waals surface area contributed by atoms with Crippen LogP contribution in [0.5, 0.6) is 0 Å². The molecule has 2 aromatic rings. The van der Waals surface area contributed by atoms with Crippen LogP contribution in [0.25, 0.3) is 0 Å². The maximum atomic E-state index is 13.2. The average Bonchev–Trinajstić information content (AvgIpc) is 2.90. The Balaban J connectivity index is 1.99. The molecule has 31 heavy (non-hydrogen) atoms. The summed E-state index contributed by atoms with van der Waals surface area (Å²) >= 11 is 6.05. The van der Waals surface area contributed by atoms with Gasteiger partial charge in [-0.2, -0.15) is 0 Å². The molecule has 0 aliphatic heterocycles.